The summed E-state index contributed by atoms with van der Waals surface area (Å²) >= 11 is 0. The van der Waals surface area contributed by atoms with Crippen molar-refractivity contribution in [1.29, 1.82) is 0 Å². The van der Waals surface area contributed by atoms with Gasteiger partial charge < -0.3 is 5.73 Å². The minimum Gasteiger partial charge on any atom is -0.320 e. The Morgan fingerprint density at radius 3 is 2.39 bits per heavy atom. The number of nitrogens with two attached hydrogens (primary N) is 1. The molecule has 0 aliphatic carbocycles. The summed E-state index contributed by atoms with van der Waals surface area (Å²) in [4.78, 5) is 2.56. The van der Waals surface area contributed by atoms with Gasteiger partial charge in [0, 0.05) is 6.04 Å². The summed E-state index contributed by atoms with van der Waals surface area (Å²) < 4.78 is 0. The van der Waals surface area contributed by atoms with E-state index in [2.05, 4.69) is 49.1 Å². The second-order valence-corrected chi connectivity index (χ2v) is 5.58. The molecule has 1 aromatic carbocycles. The Morgan fingerprint density at radius 2 is 1.83 bits per heavy atom. The fourth-order valence-electron chi connectivity index (χ4n) is 3.21. The lowest BCUT2D eigenvalue weighted by molar-refractivity contribution is 0.151. The zero-order valence-corrected chi connectivity index (χ0v) is 11.7. The third kappa shape index (κ3) is 2.60. The normalized spacial score (nSPS) is 21.7. The molecule has 0 saturated carbocycles. The molecule has 1 fully saturated rings. The summed E-state index contributed by atoms with van der Waals surface area (Å²) in [7, 11) is 0. The zero-order chi connectivity index (χ0) is 13.0. The minimum atomic E-state index is -0.208. The van der Waals surface area contributed by atoms with Gasteiger partial charge in [0.2, 0.25) is 0 Å². The van der Waals surface area contributed by atoms with Crippen LogP contribution < -0.4 is 5.73 Å². The molecule has 2 rings (SSSR count). The molecule has 2 heteroatoms. The molecule has 1 aliphatic rings. The number of hydrogen-bond acceptors (Lipinski definition) is 2. The van der Waals surface area contributed by atoms with Crippen LogP contribution >= 0.6 is 0 Å². The third-order valence-corrected chi connectivity index (χ3v) is 4.41. The molecule has 2 N–H and O–H groups in total. The van der Waals surface area contributed by atoms with Gasteiger partial charge in [0.15, 0.2) is 0 Å². The fourth-order valence-corrected chi connectivity index (χ4v) is 3.21. The van der Waals surface area contributed by atoms with Gasteiger partial charge in [-0.05, 0) is 44.8 Å². The summed E-state index contributed by atoms with van der Waals surface area (Å²) in [6.07, 6.45) is 4.82. The Hall–Kier alpha value is -0.860. The largest absolute Gasteiger partial charge is 0.320 e. The highest BCUT2D eigenvalue weighted by Gasteiger charge is 2.37. The van der Waals surface area contributed by atoms with Gasteiger partial charge in [0.1, 0.15) is 0 Å². The van der Waals surface area contributed by atoms with E-state index in [1.54, 1.807) is 0 Å². The van der Waals surface area contributed by atoms with E-state index < -0.39 is 0 Å². The van der Waals surface area contributed by atoms with Crippen molar-refractivity contribution in [3.63, 3.8) is 0 Å². The van der Waals surface area contributed by atoms with Crippen LogP contribution in [-0.2, 0) is 5.54 Å². The van der Waals surface area contributed by atoms with Gasteiger partial charge in [-0.3, -0.25) is 4.90 Å². The highest BCUT2D eigenvalue weighted by Crippen LogP contribution is 2.32. The molecule has 1 aromatic rings. The van der Waals surface area contributed by atoms with Crippen LogP contribution in [0.1, 0.15) is 45.1 Å². The standard InChI is InChI=1S/C16H26N2/c1-3-11-16(17,15-9-5-4-6-10-15)14(2)18-12-7-8-13-18/h4-6,9-10,14H,3,7-8,11-13,17H2,1-2H3. The van der Waals surface area contributed by atoms with E-state index in [0.29, 0.717) is 6.04 Å². The zero-order valence-electron chi connectivity index (χ0n) is 11.7. The quantitative estimate of drug-likeness (QED) is 0.865. The molecule has 2 atom stereocenters. The predicted octanol–water partition coefficient (Wildman–Crippen LogP) is 3.13. The minimum absolute atomic E-state index is 0.208. The number of nitrogens with zero attached hydrogens (tertiary/aromatic N) is 1. The SMILES string of the molecule is CCCC(N)(c1ccccc1)C(C)N1CCCC1. The molecule has 0 aromatic heterocycles. The molecule has 100 valence electrons. The van der Waals surface area contributed by atoms with Crippen LogP contribution in [-0.4, -0.2) is 24.0 Å². The number of hydrogen-bond donors (Lipinski definition) is 1. The highest BCUT2D eigenvalue weighted by molar-refractivity contribution is 5.26. The molecule has 1 saturated heterocycles. The van der Waals surface area contributed by atoms with E-state index in [-0.39, 0.29) is 5.54 Å². The second kappa shape index (κ2) is 5.85. The molecule has 0 radical (unpaired) electrons. The molecule has 0 spiro atoms. The van der Waals surface area contributed by atoms with Crippen LogP contribution in [0.2, 0.25) is 0 Å². The van der Waals surface area contributed by atoms with Crippen molar-refractivity contribution >= 4 is 0 Å². The van der Waals surface area contributed by atoms with Crippen LogP contribution in [0.5, 0.6) is 0 Å². The Morgan fingerprint density at radius 1 is 1.22 bits per heavy atom. The highest BCUT2D eigenvalue weighted by atomic mass is 15.2. The molecular weight excluding hydrogens is 220 g/mol. The van der Waals surface area contributed by atoms with Gasteiger partial charge in [-0.1, -0.05) is 43.7 Å². The first-order valence-corrected chi connectivity index (χ1v) is 7.27. The lowest BCUT2D eigenvalue weighted by atomic mass is 9.80. The van der Waals surface area contributed by atoms with E-state index >= 15 is 0 Å². The smallest absolute Gasteiger partial charge is 0.0564 e. The third-order valence-electron chi connectivity index (χ3n) is 4.41. The summed E-state index contributed by atoms with van der Waals surface area (Å²) in [6.45, 7) is 6.93. The van der Waals surface area contributed by atoms with Crippen LogP contribution in [0.4, 0.5) is 0 Å². The summed E-state index contributed by atoms with van der Waals surface area (Å²) in [5.74, 6) is 0. The Labute approximate surface area is 111 Å². The second-order valence-electron chi connectivity index (χ2n) is 5.58. The molecule has 2 nitrogen and oxygen atoms in total. The molecular formula is C16H26N2. The maximum atomic E-state index is 6.81. The van der Waals surface area contributed by atoms with Crippen molar-refractivity contribution < 1.29 is 0 Å². The molecule has 1 heterocycles. The van der Waals surface area contributed by atoms with E-state index in [4.69, 9.17) is 5.73 Å². The van der Waals surface area contributed by atoms with Crippen molar-refractivity contribution in [2.75, 3.05) is 13.1 Å². The van der Waals surface area contributed by atoms with Gasteiger partial charge >= 0.3 is 0 Å². The average Bonchev–Trinajstić information content (AvgIpc) is 2.93. The maximum Gasteiger partial charge on any atom is 0.0564 e. The first kappa shape index (κ1) is 13.6. The van der Waals surface area contributed by atoms with Crippen molar-refractivity contribution in [1.82, 2.24) is 4.90 Å². The first-order valence-electron chi connectivity index (χ1n) is 7.27. The number of rotatable bonds is 5. The Kier molecular flexibility index (Phi) is 4.41. The monoisotopic (exact) mass is 246 g/mol. The van der Waals surface area contributed by atoms with Crippen molar-refractivity contribution in [3.05, 3.63) is 35.9 Å². The van der Waals surface area contributed by atoms with Crippen LogP contribution in [0.15, 0.2) is 30.3 Å². The number of benzene rings is 1. The lowest BCUT2D eigenvalue weighted by Crippen LogP contribution is -2.54. The maximum absolute atomic E-state index is 6.81. The van der Waals surface area contributed by atoms with E-state index in [0.717, 1.165) is 12.8 Å². The van der Waals surface area contributed by atoms with Gasteiger partial charge in [-0.15, -0.1) is 0 Å². The fraction of sp³-hybridized carbons (Fsp3) is 0.625. The van der Waals surface area contributed by atoms with E-state index in [9.17, 15) is 0 Å². The van der Waals surface area contributed by atoms with Crippen LogP contribution in [0.3, 0.4) is 0 Å². The van der Waals surface area contributed by atoms with Crippen molar-refractivity contribution in [2.45, 2.75) is 51.1 Å². The van der Waals surface area contributed by atoms with Crippen LogP contribution in [0, 0.1) is 0 Å². The Bertz CT molecular complexity index is 357. The van der Waals surface area contributed by atoms with Gasteiger partial charge in [-0.2, -0.15) is 0 Å². The predicted molar refractivity (Wildman–Crippen MR) is 77.5 cm³/mol. The molecule has 0 bridgehead atoms. The van der Waals surface area contributed by atoms with Gasteiger partial charge in [0.25, 0.3) is 0 Å². The van der Waals surface area contributed by atoms with Crippen molar-refractivity contribution in [2.24, 2.45) is 5.73 Å². The van der Waals surface area contributed by atoms with E-state index in [1.165, 1.54) is 31.5 Å². The van der Waals surface area contributed by atoms with Crippen LogP contribution in [0.25, 0.3) is 0 Å². The topological polar surface area (TPSA) is 29.3 Å². The van der Waals surface area contributed by atoms with Gasteiger partial charge in [-0.25, -0.2) is 0 Å². The van der Waals surface area contributed by atoms with Gasteiger partial charge in [0.05, 0.1) is 5.54 Å². The first-order chi connectivity index (χ1) is 8.68. The molecule has 0 amide bonds. The molecule has 18 heavy (non-hydrogen) atoms. The molecule has 2 unspecified atom stereocenters. The summed E-state index contributed by atoms with van der Waals surface area (Å²) in [6, 6.07) is 11.1. The Balaban J connectivity index is 2.25. The summed E-state index contributed by atoms with van der Waals surface area (Å²) in [5, 5.41) is 0. The average molecular weight is 246 g/mol. The van der Waals surface area contributed by atoms with Crippen molar-refractivity contribution in [3.8, 4) is 0 Å². The van der Waals surface area contributed by atoms with E-state index in [1.807, 2.05) is 0 Å². The summed E-state index contributed by atoms with van der Waals surface area (Å²) in [5.41, 5.74) is 7.89. The lowest BCUT2D eigenvalue weighted by Gasteiger charge is -2.41. The number of likely N-dealkylation sites (tertiary alicyclic amines) is 1. The molecule has 1 aliphatic heterocycles.